The van der Waals surface area contributed by atoms with Crippen LogP contribution in [-0.2, 0) is 14.3 Å². The predicted molar refractivity (Wildman–Crippen MR) is 81.0 cm³/mol. The average molecular weight is 356 g/mol. The van der Waals surface area contributed by atoms with Crippen molar-refractivity contribution in [2.24, 2.45) is 5.92 Å². The van der Waals surface area contributed by atoms with Crippen LogP contribution in [-0.4, -0.2) is 36.2 Å². The van der Waals surface area contributed by atoms with Gasteiger partial charge in [0.1, 0.15) is 0 Å². The second-order valence-corrected chi connectivity index (χ2v) is 6.48. The van der Waals surface area contributed by atoms with E-state index in [0.29, 0.717) is 0 Å². The minimum Gasteiger partial charge on any atom is -0.479 e. The fourth-order valence-electron chi connectivity index (χ4n) is 2.39. The number of halogens is 1. The second kappa shape index (κ2) is 6.15. The van der Waals surface area contributed by atoms with Crippen LogP contribution in [0.5, 0.6) is 0 Å². The lowest BCUT2D eigenvalue weighted by molar-refractivity contribution is -0.149. The van der Waals surface area contributed by atoms with Gasteiger partial charge in [-0.2, -0.15) is 0 Å². The van der Waals surface area contributed by atoms with Crippen molar-refractivity contribution < 1.29 is 19.4 Å². The van der Waals surface area contributed by atoms with Crippen LogP contribution in [0.1, 0.15) is 24.8 Å². The van der Waals surface area contributed by atoms with Gasteiger partial charge in [-0.15, -0.1) is 0 Å². The third-order valence-electron chi connectivity index (χ3n) is 3.71. The number of hydrogen-bond acceptors (Lipinski definition) is 3. The summed E-state index contributed by atoms with van der Waals surface area (Å²) >= 11 is 3.41. The van der Waals surface area contributed by atoms with Crippen LogP contribution in [0.15, 0.2) is 28.7 Å². The van der Waals surface area contributed by atoms with E-state index in [1.807, 2.05) is 24.3 Å². The first-order chi connectivity index (χ1) is 9.87. The van der Waals surface area contributed by atoms with Crippen molar-refractivity contribution in [3.05, 3.63) is 34.3 Å². The number of ether oxygens (including phenoxy) is 1. The number of hydrogen-bond donors (Lipinski definition) is 2. The van der Waals surface area contributed by atoms with E-state index in [1.165, 1.54) is 14.0 Å². The number of nitrogens with one attached hydrogen (secondary N) is 1. The largest absolute Gasteiger partial charge is 0.479 e. The molecule has 0 bridgehead atoms. The molecule has 1 aromatic rings. The van der Waals surface area contributed by atoms with Gasteiger partial charge in [0.05, 0.1) is 6.61 Å². The molecule has 1 fully saturated rings. The van der Waals surface area contributed by atoms with Gasteiger partial charge >= 0.3 is 5.97 Å². The van der Waals surface area contributed by atoms with E-state index in [9.17, 15) is 14.7 Å². The van der Waals surface area contributed by atoms with Crippen molar-refractivity contribution in [3.63, 3.8) is 0 Å². The van der Waals surface area contributed by atoms with E-state index < -0.39 is 11.5 Å². The van der Waals surface area contributed by atoms with Crippen molar-refractivity contribution in [1.29, 1.82) is 0 Å². The van der Waals surface area contributed by atoms with Gasteiger partial charge in [-0.05, 0) is 37.0 Å². The SMILES string of the molecule is COCC(C)(NC(=O)C1CC1c1cccc(Br)c1)C(=O)O. The number of carbonyl (C=O) groups is 2. The van der Waals surface area contributed by atoms with E-state index in [0.717, 1.165) is 16.5 Å². The third-order valence-corrected chi connectivity index (χ3v) is 4.20. The number of carboxylic acids is 1. The molecule has 0 spiro atoms. The van der Waals surface area contributed by atoms with Gasteiger partial charge in [-0.3, -0.25) is 4.79 Å². The summed E-state index contributed by atoms with van der Waals surface area (Å²) in [5.41, 5.74) is -0.302. The Balaban J connectivity index is 2.01. The maximum absolute atomic E-state index is 12.2. The molecule has 0 saturated heterocycles. The highest BCUT2D eigenvalue weighted by atomic mass is 79.9. The summed E-state index contributed by atoms with van der Waals surface area (Å²) in [6.45, 7) is 1.38. The maximum Gasteiger partial charge on any atom is 0.331 e. The lowest BCUT2D eigenvalue weighted by Gasteiger charge is -2.25. The number of carboxylic acid groups (broad SMARTS) is 1. The first-order valence-corrected chi connectivity index (χ1v) is 7.46. The molecule has 114 valence electrons. The zero-order valence-corrected chi connectivity index (χ0v) is 13.5. The molecular weight excluding hydrogens is 338 g/mol. The quantitative estimate of drug-likeness (QED) is 0.819. The van der Waals surface area contributed by atoms with E-state index in [2.05, 4.69) is 21.2 Å². The van der Waals surface area contributed by atoms with E-state index in [4.69, 9.17) is 4.74 Å². The fraction of sp³-hybridized carbons (Fsp3) is 0.467. The highest BCUT2D eigenvalue weighted by molar-refractivity contribution is 9.10. The Hall–Kier alpha value is -1.40. The van der Waals surface area contributed by atoms with Gasteiger partial charge in [-0.1, -0.05) is 28.1 Å². The lowest BCUT2D eigenvalue weighted by atomic mass is 10.0. The molecular formula is C15H18BrNO4. The van der Waals surface area contributed by atoms with Crippen LogP contribution >= 0.6 is 15.9 Å². The minimum atomic E-state index is -1.39. The van der Waals surface area contributed by atoms with Crippen molar-refractivity contribution in [1.82, 2.24) is 5.32 Å². The molecule has 0 radical (unpaired) electrons. The van der Waals surface area contributed by atoms with Crippen molar-refractivity contribution in [3.8, 4) is 0 Å². The molecule has 3 unspecified atom stereocenters. The van der Waals surface area contributed by atoms with Crippen LogP contribution in [0.2, 0.25) is 0 Å². The Morgan fingerprint density at radius 1 is 1.52 bits per heavy atom. The Labute approximate surface area is 131 Å². The van der Waals surface area contributed by atoms with Gasteiger partial charge in [0.2, 0.25) is 5.91 Å². The number of aliphatic carboxylic acids is 1. The number of methoxy groups -OCH3 is 1. The van der Waals surface area contributed by atoms with Crippen molar-refractivity contribution in [2.75, 3.05) is 13.7 Å². The summed E-state index contributed by atoms with van der Waals surface area (Å²) in [5, 5.41) is 11.8. The maximum atomic E-state index is 12.2. The van der Waals surface area contributed by atoms with Gasteiger partial charge in [0, 0.05) is 17.5 Å². The summed E-state index contributed by atoms with van der Waals surface area (Å²) in [4.78, 5) is 23.5. The minimum absolute atomic E-state index is 0.0671. The summed E-state index contributed by atoms with van der Waals surface area (Å²) in [6, 6.07) is 7.83. The van der Waals surface area contributed by atoms with Crippen molar-refractivity contribution in [2.45, 2.75) is 24.8 Å². The summed E-state index contributed by atoms with van der Waals surface area (Å²) in [6.07, 6.45) is 0.741. The smallest absolute Gasteiger partial charge is 0.331 e. The molecule has 1 amide bonds. The number of benzene rings is 1. The number of carbonyl (C=O) groups excluding carboxylic acids is 1. The monoisotopic (exact) mass is 355 g/mol. The van der Waals surface area contributed by atoms with Crippen LogP contribution < -0.4 is 5.32 Å². The molecule has 1 aliphatic carbocycles. The van der Waals surface area contributed by atoms with Gasteiger partial charge in [-0.25, -0.2) is 4.79 Å². The Kier molecular flexibility index (Phi) is 4.68. The molecule has 3 atom stereocenters. The highest BCUT2D eigenvalue weighted by Gasteiger charge is 2.47. The lowest BCUT2D eigenvalue weighted by Crippen LogP contribution is -2.55. The molecule has 2 N–H and O–H groups in total. The highest BCUT2D eigenvalue weighted by Crippen LogP contribution is 2.48. The summed E-state index contributed by atoms with van der Waals surface area (Å²) in [5.74, 6) is -1.35. The topological polar surface area (TPSA) is 75.6 Å². The Morgan fingerprint density at radius 2 is 2.24 bits per heavy atom. The molecule has 0 aromatic heterocycles. The molecule has 1 saturated carbocycles. The number of amides is 1. The standard InChI is InChI=1S/C15H18BrNO4/c1-15(8-21-2,14(19)20)17-13(18)12-7-11(12)9-4-3-5-10(16)6-9/h3-6,11-12H,7-8H2,1-2H3,(H,17,18)(H,19,20). The summed E-state index contributed by atoms with van der Waals surface area (Å²) in [7, 11) is 1.41. The van der Waals surface area contributed by atoms with E-state index in [1.54, 1.807) is 0 Å². The van der Waals surface area contributed by atoms with E-state index in [-0.39, 0.29) is 24.3 Å². The van der Waals surface area contributed by atoms with Gasteiger partial charge < -0.3 is 15.2 Å². The molecule has 1 aromatic carbocycles. The summed E-state index contributed by atoms with van der Waals surface area (Å²) < 4.78 is 5.87. The zero-order chi connectivity index (χ0) is 15.6. The third kappa shape index (κ3) is 3.63. The van der Waals surface area contributed by atoms with Crippen LogP contribution in [0.25, 0.3) is 0 Å². The molecule has 0 heterocycles. The molecule has 0 aliphatic heterocycles. The average Bonchev–Trinajstić information content (AvgIpc) is 3.19. The van der Waals surface area contributed by atoms with Gasteiger partial charge in [0.25, 0.3) is 0 Å². The van der Waals surface area contributed by atoms with Crippen LogP contribution in [0, 0.1) is 5.92 Å². The second-order valence-electron chi connectivity index (χ2n) is 5.56. The first kappa shape index (κ1) is 16.0. The molecule has 21 heavy (non-hydrogen) atoms. The molecule has 2 rings (SSSR count). The zero-order valence-electron chi connectivity index (χ0n) is 11.9. The normalized spacial score (nSPS) is 23.2. The predicted octanol–water partition coefficient (Wildman–Crippen LogP) is 2.16. The Morgan fingerprint density at radius 3 is 2.81 bits per heavy atom. The number of rotatable bonds is 6. The molecule has 6 heteroatoms. The van der Waals surface area contributed by atoms with Gasteiger partial charge in [0.15, 0.2) is 5.54 Å². The molecule has 5 nitrogen and oxygen atoms in total. The van der Waals surface area contributed by atoms with E-state index >= 15 is 0 Å². The molecule has 1 aliphatic rings. The Bertz CT molecular complexity index is 562. The van der Waals surface area contributed by atoms with Crippen molar-refractivity contribution >= 4 is 27.8 Å². The first-order valence-electron chi connectivity index (χ1n) is 6.67. The van der Waals surface area contributed by atoms with Crippen LogP contribution in [0.3, 0.4) is 0 Å². The van der Waals surface area contributed by atoms with Crippen LogP contribution in [0.4, 0.5) is 0 Å². The fourth-order valence-corrected chi connectivity index (χ4v) is 2.81.